The lowest BCUT2D eigenvalue weighted by molar-refractivity contribution is 0.411. The predicted octanol–water partition coefficient (Wildman–Crippen LogP) is 4.19. The van der Waals surface area contributed by atoms with E-state index in [2.05, 4.69) is 56.0 Å². The summed E-state index contributed by atoms with van der Waals surface area (Å²) in [4.78, 5) is 0. The van der Waals surface area contributed by atoms with Crippen LogP contribution >= 0.6 is 11.8 Å². The number of hydrogen-bond donors (Lipinski definition) is 1. The lowest BCUT2D eigenvalue weighted by atomic mass is 9.87. The maximum absolute atomic E-state index is 5.36. The number of nitrogens with one attached hydrogen (secondary N) is 1. The first-order chi connectivity index (χ1) is 9.69. The van der Waals surface area contributed by atoms with Crippen LogP contribution in [-0.2, 0) is 6.42 Å². The van der Waals surface area contributed by atoms with Crippen molar-refractivity contribution in [1.29, 1.82) is 0 Å². The van der Waals surface area contributed by atoms with Crippen molar-refractivity contribution in [2.75, 3.05) is 13.7 Å². The molecule has 3 heteroatoms. The summed E-state index contributed by atoms with van der Waals surface area (Å²) in [5.74, 6) is 0.979. The molecule has 0 fully saturated rings. The molecule has 0 bridgehead atoms. The summed E-state index contributed by atoms with van der Waals surface area (Å²) in [5, 5.41) is 5.12. The lowest BCUT2D eigenvalue weighted by Gasteiger charge is -2.35. The number of thioether (sulfide) groups is 1. The van der Waals surface area contributed by atoms with Gasteiger partial charge in [-0.15, -0.1) is 0 Å². The zero-order chi connectivity index (χ0) is 14.5. The molecule has 0 aromatic heterocycles. The molecule has 0 saturated carbocycles. The molecule has 1 aromatic rings. The van der Waals surface area contributed by atoms with E-state index < -0.39 is 0 Å². The molecule has 20 heavy (non-hydrogen) atoms. The van der Waals surface area contributed by atoms with Gasteiger partial charge in [-0.05, 0) is 49.1 Å². The Morgan fingerprint density at radius 2 is 2.20 bits per heavy atom. The van der Waals surface area contributed by atoms with E-state index in [1.165, 1.54) is 30.4 Å². The fourth-order valence-electron chi connectivity index (χ4n) is 2.90. The van der Waals surface area contributed by atoms with Gasteiger partial charge in [0.1, 0.15) is 5.75 Å². The van der Waals surface area contributed by atoms with Crippen LogP contribution < -0.4 is 10.1 Å². The smallest absolute Gasteiger partial charge is 0.119 e. The van der Waals surface area contributed by atoms with Gasteiger partial charge in [0.05, 0.1) is 7.11 Å². The summed E-state index contributed by atoms with van der Waals surface area (Å²) in [6, 6.07) is 7.04. The zero-order valence-corrected chi connectivity index (χ0v) is 13.9. The molecule has 3 atom stereocenters. The number of aryl methyl sites for hydroxylation is 1. The van der Waals surface area contributed by atoms with Crippen molar-refractivity contribution in [2.45, 2.75) is 56.6 Å². The molecule has 1 aliphatic carbocycles. The number of hydrogen-bond acceptors (Lipinski definition) is 3. The molecule has 0 amide bonds. The van der Waals surface area contributed by atoms with Crippen LogP contribution in [-0.4, -0.2) is 24.2 Å². The number of rotatable bonds is 6. The minimum Gasteiger partial charge on any atom is -0.497 e. The van der Waals surface area contributed by atoms with Crippen molar-refractivity contribution >= 4 is 11.8 Å². The standard InChI is InChI=1S/C17H27NOS/c1-5-12(3)20-16-10-7-13-11-14(19-4)8-9-15(13)17(16)18-6-2/h8-9,11-12,16-18H,5-7,10H2,1-4H3. The second kappa shape index (κ2) is 7.37. The maximum Gasteiger partial charge on any atom is 0.119 e. The van der Waals surface area contributed by atoms with Gasteiger partial charge in [-0.25, -0.2) is 0 Å². The Kier molecular flexibility index (Phi) is 5.79. The Hall–Kier alpha value is -0.670. The normalized spacial score (nSPS) is 23.2. The molecular formula is C17H27NOS. The van der Waals surface area contributed by atoms with Crippen LogP contribution in [0.15, 0.2) is 18.2 Å². The molecule has 0 spiro atoms. The van der Waals surface area contributed by atoms with E-state index in [4.69, 9.17) is 4.74 Å². The second-order valence-electron chi connectivity index (χ2n) is 5.53. The van der Waals surface area contributed by atoms with E-state index in [0.29, 0.717) is 11.3 Å². The van der Waals surface area contributed by atoms with E-state index in [0.717, 1.165) is 17.5 Å². The summed E-state index contributed by atoms with van der Waals surface area (Å²) in [5.41, 5.74) is 2.93. The monoisotopic (exact) mass is 293 g/mol. The zero-order valence-electron chi connectivity index (χ0n) is 13.1. The summed E-state index contributed by atoms with van der Waals surface area (Å²) in [6.45, 7) is 7.84. The average Bonchev–Trinajstić information content (AvgIpc) is 2.48. The van der Waals surface area contributed by atoms with Crippen LogP contribution in [0.25, 0.3) is 0 Å². The van der Waals surface area contributed by atoms with Crippen LogP contribution in [0.2, 0.25) is 0 Å². The molecule has 1 aromatic carbocycles. The average molecular weight is 293 g/mol. The van der Waals surface area contributed by atoms with Crippen molar-refractivity contribution in [3.05, 3.63) is 29.3 Å². The van der Waals surface area contributed by atoms with Gasteiger partial charge in [-0.1, -0.05) is 26.8 Å². The number of fused-ring (bicyclic) bond motifs is 1. The first-order valence-electron chi connectivity index (χ1n) is 7.75. The highest BCUT2D eigenvalue weighted by molar-refractivity contribution is 8.00. The molecule has 1 aliphatic rings. The fraction of sp³-hybridized carbons (Fsp3) is 0.647. The topological polar surface area (TPSA) is 21.3 Å². The van der Waals surface area contributed by atoms with Crippen LogP contribution in [0, 0.1) is 0 Å². The van der Waals surface area contributed by atoms with E-state index in [1.54, 1.807) is 7.11 Å². The summed E-state index contributed by atoms with van der Waals surface area (Å²) in [7, 11) is 1.74. The van der Waals surface area contributed by atoms with Crippen molar-refractivity contribution in [3.8, 4) is 5.75 Å². The molecule has 0 radical (unpaired) electrons. The molecule has 0 aliphatic heterocycles. The Labute approximate surface area is 127 Å². The Balaban J connectivity index is 2.23. The highest BCUT2D eigenvalue weighted by Gasteiger charge is 2.30. The highest BCUT2D eigenvalue weighted by Crippen LogP contribution is 2.40. The highest BCUT2D eigenvalue weighted by atomic mass is 32.2. The van der Waals surface area contributed by atoms with Gasteiger partial charge in [0.2, 0.25) is 0 Å². The van der Waals surface area contributed by atoms with Crippen molar-refractivity contribution in [2.24, 2.45) is 0 Å². The Bertz CT molecular complexity index is 435. The largest absolute Gasteiger partial charge is 0.497 e. The molecule has 0 saturated heterocycles. The fourth-order valence-corrected chi connectivity index (χ4v) is 4.34. The van der Waals surface area contributed by atoms with Gasteiger partial charge in [0.15, 0.2) is 0 Å². The third kappa shape index (κ3) is 3.50. The predicted molar refractivity (Wildman–Crippen MR) is 88.9 cm³/mol. The summed E-state index contributed by atoms with van der Waals surface area (Å²) >= 11 is 2.15. The van der Waals surface area contributed by atoms with Gasteiger partial charge in [0, 0.05) is 16.5 Å². The third-order valence-electron chi connectivity index (χ3n) is 4.16. The molecule has 2 nitrogen and oxygen atoms in total. The third-order valence-corrected chi connectivity index (χ3v) is 5.82. The molecule has 3 unspecified atom stereocenters. The number of benzene rings is 1. The minimum absolute atomic E-state index is 0.480. The molecule has 1 N–H and O–H groups in total. The molecule has 0 heterocycles. The SMILES string of the molecule is CCNC1c2ccc(OC)cc2CCC1SC(C)CC. The number of methoxy groups -OCH3 is 1. The van der Waals surface area contributed by atoms with E-state index in [9.17, 15) is 0 Å². The van der Waals surface area contributed by atoms with Crippen LogP contribution in [0.3, 0.4) is 0 Å². The van der Waals surface area contributed by atoms with Gasteiger partial charge in [-0.3, -0.25) is 0 Å². The van der Waals surface area contributed by atoms with Gasteiger partial charge in [0.25, 0.3) is 0 Å². The quantitative estimate of drug-likeness (QED) is 0.849. The van der Waals surface area contributed by atoms with Crippen molar-refractivity contribution in [1.82, 2.24) is 5.32 Å². The summed E-state index contributed by atoms with van der Waals surface area (Å²) < 4.78 is 5.36. The van der Waals surface area contributed by atoms with Crippen LogP contribution in [0.1, 0.15) is 50.8 Å². The molecular weight excluding hydrogens is 266 g/mol. The maximum atomic E-state index is 5.36. The van der Waals surface area contributed by atoms with Crippen molar-refractivity contribution < 1.29 is 4.74 Å². The van der Waals surface area contributed by atoms with Crippen molar-refractivity contribution in [3.63, 3.8) is 0 Å². The van der Waals surface area contributed by atoms with Gasteiger partial charge >= 0.3 is 0 Å². The van der Waals surface area contributed by atoms with E-state index >= 15 is 0 Å². The van der Waals surface area contributed by atoms with Gasteiger partial charge in [-0.2, -0.15) is 11.8 Å². The van der Waals surface area contributed by atoms with Crippen LogP contribution in [0.5, 0.6) is 5.75 Å². The first kappa shape index (κ1) is 15.7. The Morgan fingerprint density at radius 1 is 1.40 bits per heavy atom. The van der Waals surface area contributed by atoms with E-state index in [1.807, 2.05) is 0 Å². The van der Waals surface area contributed by atoms with Gasteiger partial charge < -0.3 is 10.1 Å². The first-order valence-corrected chi connectivity index (χ1v) is 8.69. The van der Waals surface area contributed by atoms with E-state index in [-0.39, 0.29) is 0 Å². The minimum atomic E-state index is 0.480. The Morgan fingerprint density at radius 3 is 2.85 bits per heavy atom. The van der Waals surface area contributed by atoms with Crippen LogP contribution in [0.4, 0.5) is 0 Å². The molecule has 2 rings (SSSR count). The summed E-state index contributed by atoms with van der Waals surface area (Å²) in [6.07, 6.45) is 3.67. The second-order valence-corrected chi connectivity index (χ2v) is 7.21. The number of ether oxygens (including phenoxy) is 1. The lowest BCUT2D eigenvalue weighted by Crippen LogP contribution is -2.35. The molecule has 112 valence electrons.